The monoisotopic (exact) mass is 456 g/mol. The second-order valence-electron chi connectivity index (χ2n) is 8.43. The second kappa shape index (κ2) is 8.23. The molecule has 1 fully saturated rings. The summed E-state index contributed by atoms with van der Waals surface area (Å²) in [5.74, 6) is 1.28. The molecule has 2 aliphatic heterocycles. The van der Waals surface area contributed by atoms with Crippen LogP contribution in [-0.2, 0) is 4.79 Å². The van der Waals surface area contributed by atoms with Gasteiger partial charge in [0.1, 0.15) is 35.5 Å². The van der Waals surface area contributed by atoms with Crippen LogP contribution in [0, 0.1) is 0 Å². The highest BCUT2D eigenvalue weighted by atomic mass is 35.5. The number of aliphatic hydroxyl groups excluding tert-OH is 1. The zero-order valence-electron chi connectivity index (χ0n) is 17.4. The van der Waals surface area contributed by atoms with E-state index < -0.39 is 5.54 Å². The lowest BCUT2D eigenvalue weighted by molar-refractivity contribution is -0.128. The molecule has 3 atom stereocenters. The zero-order valence-corrected chi connectivity index (χ0v) is 18.2. The van der Waals surface area contributed by atoms with Crippen molar-refractivity contribution in [2.45, 2.75) is 36.9 Å². The first-order chi connectivity index (χ1) is 15.5. The minimum Gasteiger partial charge on any atom is -0.489 e. The van der Waals surface area contributed by atoms with Gasteiger partial charge in [0.2, 0.25) is 5.91 Å². The lowest BCUT2D eigenvalue weighted by Gasteiger charge is -2.43. The lowest BCUT2D eigenvalue weighted by atomic mass is 9.82. The molecule has 0 aliphatic carbocycles. The van der Waals surface area contributed by atoms with Gasteiger partial charge in [-0.3, -0.25) is 4.79 Å². The van der Waals surface area contributed by atoms with E-state index in [2.05, 4.69) is 25.2 Å². The number of benzene rings is 1. The van der Waals surface area contributed by atoms with E-state index >= 15 is 0 Å². The van der Waals surface area contributed by atoms with Crippen LogP contribution in [0.15, 0.2) is 36.8 Å². The number of aromatic nitrogens is 3. The summed E-state index contributed by atoms with van der Waals surface area (Å²) in [5.41, 5.74) is 7.21. The number of H-pyrrole nitrogens is 1. The van der Waals surface area contributed by atoms with Gasteiger partial charge in [-0.2, -0.15) is 0 Å². The molecule has 168 valence electrons. The van der Waals surface area contributed by atoms with Crippen molar-refractivity contribution in [1.82, 2.24) is 20.3 Å². The number of rotatable bonds is 5. The van der Waals surface area contributed by atoms with Crippen LogP contribution in [0.3, 0.4) is 0 Å². The number of anilines is 1. The van der Waals surface area contributed by atoms with Crippen LogP contribution in [0.2, 0.25) is 5.02 Å². The number of halogens is 1. The van der Waals surface area contributed by atoms with Gasteiger partial charge < -0.3 is 30.8 Å². The number of carbonyl (C=O) groups excluding carboxylic acids is 1. The SMILES string of the molecule is NC1(C(=O)N[C@@H](CCO)c2ccc(Cl)cc2)CCN2c3ncnc4[nH]cc(c34)OC[C@@H]2C1. The average Bonchev–Trinajstić information content (AvgIpc) is 3.14. The summed E-state index contributed by atoms with van der Waals surface area (Å²) in [7, 11) is 0. The van der Waals surface area contributed by atoms with Crippen molar-refractivity contribution >= 4 is 34.4 Å². The van der Waals surface area contributed by atoms with Gasteiger partial charge in [-0.15, -0.1) is 0 Å². The quantitative estimate of drug-likeness (QED) is 0.461. The number of hydrogen-bond donors (Lipinski definition) is 4. The average molecular weight is 457 g/mol. The summed E-state index contributed by atoms with van der Waals surface area (Å²) in [6, 6.07) is 6.78. The van der Waals surface area contributed by atoms with Crippen LogP contribution in [0.4, 0.5) is 5.82 Å². The summed E-state index contributed by atoms with van der Waals surface area (Å²) < 4.78 is 6.02. The Bertz CT molecular complexity index is 1140. The molecule has 2 aromatic heterocycles. The molecule has 1 amide bonds. The van der Waals surface area contributed by atoms with Gasteiger partial charge in [0, 0.05) is 24.4 Å². The molecule has 0 bridgehead atoms. The molecule has 1 saturated heterocycles. The molecular weight excluding hydrogens is 432 g/mol. The Morgan fingerprint density at radius 2 is 2.22 bits per heavy atom. The first-order valence-corrected chi connectivity index (χ1v) is 11.0. The molecular formula is C22H25ClN6O3. The van der Waals surface area contributed by atoms with E-state index in [9.17, 15) is 9.90 Å². The molecule has 5 rings (SSSR count). The molecule has 0 radical (unpaired) electrons. The smallest absolute Gasteiger partial charge is 0.240 e. The minimum atomic E-state index is -1.06. The number of aliphatic hydroxyl groups is 1. The summed E-state index contributed by atoms with van der Waals surface area (Å²) in [6.07, 6.45) is 4.59. The molecule has 10 heteroatoms. The molecule has 1 unspecified atom stereocenters. The molecule has 0 spiro atoms. The van der Waals surface area contributed by atoms with Gasteiger partial charge in [0.25, 0.3) is 0 Å². The highest BCUT2D eigenvalue weighted by Crippen LogP contribution is 2.39. The highest BCUT2D eigenvalue weighted by molar-refractivity contribution is 6.30. The van der Waals surface area contributed by atoms with Crippen LogP contribution in [0.25, 0.3) is 11.0 Å². The molecule has 1 aromatic carbocycles. The Hall–Kier alpha value is -2.88. The third-order valence-electron chi connectivity index (χ3n) is 6.40. The lowest BCUT2D eigenvalue weighted by Crippen LogP contribution is -2.63. The Labute approximate surface area is 189 Å². The fourth-order valence-electron chi connectivity index (χ4n) is 4.65. The number of hydrogen-bond acceptors (Lipinski definition) is 7. The van der Waals surface area contributed by atoms with Crippen LogP contribution < -0.4 is 20.7 Å². The fraction of sp³-hybridized carbons (Fsp3) is 0.409. The fourth-order valence-corrected chi connectivity index (χ4v) is 4.78. The Morgan fingerprint density at radius 3 is 3.00 bits per heavy atom. The van der Waals surface area contributed by atoms with Crippen molar-refractivity contribution in [3.8, 4) is 5.75 Å². The Morgan fingerprint density at radius 1 is 1.41 bits per heavy atom. The van der Waals surface area contributed by atoms with Crippen molar-refractivity contribution in [3.63, 3.8) is 0 Å². The Kier molecular flexibility index (Phi) is 5.40. The maximum atomic E-state index is 13.3. The Balaban J connectivity index is 1.35. The number of amides is 1. The highest BCUT2D eigenvalue weighted by Gasteiger charge is 2.45. The molecule has 9 nitrogen and oxygen atoms in total. The number of ether oxygens (including phenoxy) is 1. The third kappa shape index (κ3) is 3.66. The van der Waals surface area contributed by atoms with E-state index in [0.29, 0.717) is 43.2 Å². The van der Waals surface area contributed by atoms with Gasteiger partial charge in [-0.25, -0.2) is 9.97 Å². The standard InChI is InChI=1S/C22H25ClN6O3/c23-14-3-1-13(2-4-14)16(5-8-30)28-21(31)22(24)6-7-29-15(9-22)11-32-17-10-25-19-18(17)20(29)27-12-26-19/h1-4,10,12,15-16,30H,5-9,11,24H2,(H,28,31)(H,25,26,27)/t15-,16-,22?/m0/s1. The van der Waals surface area contributed by atoms with Crippen LogP contribution in [-0.4, -0.2) is 57.3 Å². The van der Waals surface area contributed by atoms with Gasteiger partial charge >= 0.3 is 0 Å². The van der Waals surface area contributed by atoms with Gasteiger partial charge in [-0.05, 0) is 37.0 Å². The molecule has 32 heavy (non-hydrogen) atoms. The van der Waals surface area contributed by atoms with Crippen molar-refractivity contribution in [2.75, 3.05) is 24.7 Å². The van der Waals surface area contributed by atoms with E-state index in [1.807, 2.05) is 12.1 Å². The number of fused-ring (bicyclic) bond motifs is 2. The summed E-state index contributed by atoms with van der Waals surface area (Å²) >= 11 is 5.99. The number of carbonyl (C=O) groups is 1. The normalized spacial score (nSPS) is 23.2. The third-order valence-corrected chi connectivity index (χ3v) is 6.66. The number of piperidine rings is 1. The maximum Gasteiger partial charge on any atom is 0.240 e. The molecule has 4 heterocycles. The van der Waals surface area contributed by atoms with Crippen molar-refractivity contribution in [3.05, 3.63) is 47.4 Å². The van der Waals surface area contributed by atoms with E-state index in [0.717, 1.165) is 22.4 Å². The number of nitrogens with two attached hydrogens (primary N) is 1. The van der Waals surface area contributed by atoms with E-state index in [4.69, 9.17) is 22.1 Å². The predicted octanol–water partition coefficient (Wildman–Crippen LogP) is 1.91. The van der Waals surface area contributed by atoms with Crippen molar-refractivity contribution in [1.29, 1.82) is 0 Å². The van der Waals surface area contributed by atoms with Crippen molar-refractivity contribution in [2.24, 2.45) is 5.73 Å². The molecule has 5 N–H and O–H groups in total. The molecule has 3 aromatic rings. The topological polar surface area (TPSA) is 129 Å². The van der Waals surface area contributed by atoms with E-state index in [-0.39, 0.29) is 24.6 Å². The number of aromatic amines is 1. The summed E-state index contributed by atoms with van der Waals surface area (Å²) in [6.45, 7) is 0.907. The first-order valence-electron chi connectivity index (χ1n) is 10.7. The second-order valence-corrected chi connectivity index (χ2v) is 8.87. The van der Waals surface area contributed by atoms with Crippen LogP contribution >= 0.6 is 11.6 Å². The predicted molar refractivity (Wildman–Crippen MR) is 121 cm³/mol. The summed E-state index contributed by atoms with van der Waals surface area (Å²) in [5, 5.41) is 14.0. The van der Waals surface area contributed by atoms with Crippen LogP contribution in [0.5, 0.6) is 5.75 Å². The van der Waals surface area contributed by atoms with Crippen LogP contribution in [0.1, 0.15) is 30.9 Å². The number of nitrogens with one attached hydrogen (secondary N) is 2. The van der Waals surface area contributed by atoms with E-state index in [1.54, 1.807) is 18.3 Å². The molecule has 2 aliphatic rings. The van der Waals surface area contributed by atoms with Crippen molar-refractivity contribution < 1.29 is 14.6 Å². The number of nitrogens with zero attached hydrogens (tertiary/aromatic N) is 3. The summed E-state index contributed by atoms with van der Waals surface area (Å²) in [4.78, 5) is 27.4. The minimum absolute atomic E-state index is 0.0582. The van der Waals surface area contributed by atoms with Gasteiger partial charge in [0.05, 0.1) is 17.6 Å². The van der Waals surface area contributed by atoms with E-state index in [1.165, 1.54) is 6.33 Å². The molecule has 0 saturated carbocycles. The zero-order chi connectivity index (χ0) is 22.3. The first kappa shape index (κ1) is 21.0. The van der Waals surface area contributed by atoms with Gasteiger partial charge in [0.15, 0.2) is 0 Å². The van der Waals surface area contributed by atoms with Gasteiger partial charge in [-0.1, -0.05) is 23.7 Å². The largest absolute Gasteiger partial charge is 0.489 e. The maximum absolute atomic E-state index is 13.3.